The quantitative estimate of drug-likeness (QED) is 0.442. The van der Waals surface area contributed by atoms with Crippen LogP contribution in [0.4, 0.5) is 0 Å². The van der Waals surface area contributed by atoms with Crippen LogP contribution in [0.2, 0.25) is 0 Å². The Kier molecular flexibility index (Phi) is 5.61. The smallest absolute Gasteiger partial charge is 0.338 e. The summed E-state index contributed by atoms with van der Waals surface area (Å²) in [6.45, 7) is 0.469. The zero-order valence-electron chi connectivity index (χ0n) is 13.6. The van der Waals surface area contributed by atoms with Crippen molar-refractivity contribution in [3.63, 3.8) is 0 Å². The summed E-state index contributed by atoms with van der Waals surface area (Å²) in [5, 5.41) is 0. The highest BCUT2D eigenvalue weighted by atomic mass is 16.5. The van der Waals surface area contributed by atoms with E-state index in [9.17, 15) is 4.79 Å². The molecule has 3 aromatic rings. The van der Waals surface area contributed by atoms with Crippen molar-refractivity contribution in [1.82, 2.24) is 4.98 Å². The number of esters is 1. The molecule has 0 N–H and O–H groups in total. The molecule has 24 heavy (non-hydrogen) atoms. The van der Waals surface area contributed by atoms with Gasteiger partial charge in [0.15, 0.2) is 11.5 Å². The molecule has 3 rings (SSSR count). The molecule has 4 nitrogen and oxygen atoms in total. The molecule has 1 aromatic heterocycles. The van der Waals surface area contributed by atoms with Crippen LogP contribution in [0.3, 0.4) is 0 Å². The first-order valence-electron chi connectivity index (χ1n) is 8.39. The number of hydrogen-bond acceptors (Lipinski definition) is 4. The molecule has 0 spiro atoms. The van der Waals surface area contributed by atoms with Crippen LogP contribution >= 0.6 is 0 Å². The minimum atomic E-state index is -0.248. The summed E-state index contributed by atoms with van der Waals surface area (Å²) in [5.41, 5.74) is 2.37. The van der Waals surface area contributed by atoms with E-state index in [1.165, 1.54) is 0 Å². The molecule has 0 aliphatic heterocycles. The first kappa shape index (κ1) is 16.2. The van der Waals surface area contributed by atoms with Crippen molar-refractivity contribution in [3.05, 3.63) is 66.1 Å². The van der Waals surface area contributed by atoms with E-state index >= 15 is 0 Å². The van der Waals surface area contributed by atoms with Crippen molar-refractivity contribution in [1.29, 1.82) is 0 Å². The number of ether oxygens (including phenoxy) is 1. The molecule has 0 aliphatic rings. The molecule has 0 saturated heterocycles. The Morgan fingerprint density at radius 3 is 2.50 bits per heavy atom. The van der Waals surface area contributed by atoms with E-state index in [0.29, 0.717) is 12.2 Å². The number of aromatic nitrogens is 1. The van der Waals surface area contributed by atoms with Gasteiger partial charge in [0.1, 0.15) is 5.52 Å². The van der Waals surface area contributed by atoms with Crippen LogP contribution < -0.4 is 0 Å². The van der Waals surface area contributed by atoms with Gasteiger partial charge in [-0.1, -0.05) is 43.2 Å². The summed E-state index contributed by atoms with van der Waals surface area (Å²) in [6.07, 6.45) is 4.86. The van der Waals surface area contributed by atoms with Crippen molar-refractivity contribution in [2.75, 3.05) is 6.61 Å². The van der Waals surface area contributed by atoms with E-state index < -0.39 is 0 Å². The number of benzene rings is 2. The van der Waals surface area contributed by atoms with Crippen molar-refractivity contribution in [2.45, 2.75) is 32.1 Å². The average Bonchev–Trinajstić information content (AvgIpc) is 3.04. The lowest BCUT2D eigenvalue weighted by molar-refractivity contribution is 0.0497. The number of aryl methyl sites for hydroxylation is 1. The summed E-state index contributed by atoms with van der Waals surface area (Å²) in [6, 6.07) is 16.9. The van der Waals surface area contributed by atoms with Gasteiger partial charge >= 0.3 is 5.97 Å². The summed E-state index contributed by atoms with van der Waals surface area (Å²) < 4.78 is 11.0. The van der Waals surface area contributed by atoms with Crippen LogP contribution in [0.15, 0.2) is 59.0 Å². The molecule has 0 radical (unpaired) electrons. The molecule has 0 amide bonds. The largest absolute Gasteiger partial charge is 0.462 e. The molecular formula is C20H21NO3. The zero-order chi connectivity index (χ0) is 16.6. The predicted molar refractivity (Wildman–Crippen MR) is 92.9 cm³/mol. The number of fused-ring (bicyclic) bond motifs is 1. The number of carbonyl (C=O) groups excluding carboxylic acids is 1. The first-order valence-corrected chi connectivity index (χ1v) is 8.39. The number of carbonyl (C=O) groups is 1. The van der Waals surface area contributed by atoms with Crippen molar-refractivity contribution < 1.29 is 13.9 Å². The van der Waals surface area contributed by atoms with Crippen LogP contribution in [0.25, 0.3) is 11.1 Å². The Morgan fingerprint density at radius 1 is 0.917 bits per heavy atom. The molecule has 0 aliphatic carbocycles. The summed E-state index contributed by atoms with van der Waals surface area (Å²) >= 11 is 0. The van der Waals surface area contributed by atoms with Crippen molar-refractivity contribution in [2.24, 2.45) is 0 Å². The number of oxazole rings is 1. The first-order chi connectivity index (χ1) is 11.8. The van der Waals surface area contributed by atoms with Gasteiger partial charge in [-0.15, -0.1) is 0 Å². The SMILES string of the molecule is O=C(OCCCCCCc1nc2ccccc2o1)c1ccccc1. The lowest BCUT2D eigenvalue weighted by Gasteiger charge is -2.04. The molecule has 0 atom stereocenters. The van der Waals surface area contributed by atoms with E-state index in [0.717, 1.165) is 49.1 Å². The Labute approximate surface area is 141 Å². The van der Waals surface area contributed by atoms with Gasteiger partial charge in [0, 0.05) is 6.42 Å². The fraction of sp³-hybridized carbons (Fsp3) is 0.300. The number of nitrogens with zero attached hydrogens (tertiary/aromatic N) is 1. The Morgan fingerprint density at radius 2 is 1.67 bits per heavy atom. The Hall–Kier alpha value is -2.62. The van der Waals surface area contributed by atoms with Crippen molar-refractivity contribution >= 4 is 17.1 Å². The summed E-state index contributed by atoms with van der Waals surface area (Å²) in [4.78, 5) is 16.2. The highest BCUT2D eigenvalue weighted by Gasteiger charge is 2.06. The van der Waals surface area contributed by atoms with E-state index in [1.807, 2.05) is 42.5 Å². The van der Waals surface area contributed by atoms with E-state index in [1.54, 1.807) is 12.1 Å². The van der Waals surface area contributed by atoms with E-state index in [4.69, 9.17) is 9.15 Å². The second kappa shape index (κ2) is 8.29. The minimum Gasteiger partial charge on any atom is -0.462 e. The fourth-order valence-electron chi connectivity index (χ4n) is 2.58. The van der Waals surface area contributed by atoms with Crippen LogP contribution in [-0.4, -0.2) is 17.6 Å². The molecule has 0 bridgehead atoms. The molecule has 4 heteroatoms. The molecule has 0 unspecified atom stereocenters. The standard InChI is InChI=1S/C20H21NO3/c22-20(16-10-4-3-5-11-16)23-15-9-2-1-6-14-19-21-17-12-7-8-13-18(17)24-19/h3-5,7-8,10-13H,1-2,6,9,14-15H2. The minimum absolute atomic E-state index is 0.248. The highest BCUT2D eigenvalue weighted by Crippen LogP contribution is 2.16. The van der Waals surface area contributed by atoms with Crippen LogP contribution in [0, 0.1) is 0 Å². The molecule has 0 fully saturated rings. The number of para-hydroxylation sites is 2. The Balaban J connectivity index is 1.29. The maximum atomic E-state index is 11.8. The third-order valence-corrected chi connectivity index (χ3v) is 3.87. The second-order valence-corrected chi connectivity index (χ2v) is 5.74. The van der Waals surface area contributed by atoms with Crippen LogP contribution in [0.1, 0.15) is 41.9 Å². The van der Waals surface area contributed by atoms with Gasteiger partial charge < -0.3 is 9.15 Å². The molecular weight excluding hydrogens is 302 g/mol. The van der Waals surface area contributed by atoms with Gasteiger partial charge in [0.2, 0.25) is 0 Å². The van der Waals surface area contributed by atoms with Gasteiger partial charge in [-0.2, -0.15) is 0 Å². The molecule has 0 saturated carbocycles. The maximum absolute atomic E-state index is 11.8. The average molecular weight is 323 g/mol. The van der Waals surface area contributed by atoms with Crippen LogP contribution in [0.5, 0.6) is 0 Å². The van der Waals surface area contributed by atoms with Gasteiger partial charge in [0.05, 0.1) is 12.2 Å². The van der Waals surface area contributed by atoms with Crippen molar-refractivity contribution in [3.8, 4) is 0 Å². The van der Waals surface area contributed by atoms with Gasteiger partial charge in [0.25, 0.3) is 0 Å². The topological polar surface area (TPSA) is 52.3 Å². The van der Waals surface area contributed by atoms with Gasteiger partial charge in [-0.3, -0.25) is 0 Å². The highest BCUT2D eigenvalue weighted by molar-refractivity contribution is 5.89. The number of unbranched alkanes of at least 4 members (excludes halogenated alkanes) is 3. The lowest BCUT2D eigenvalue weighted by atomic mass is 10.1. The van der Waals surface area contributed by atoms with E-state index in [-0.39, 0.29) is 5.97 Å². The number of hydrogen-bond donors (Lipinski definition) is 0. The fourth-order valence-corrected chi connectivity index (χ4v) is 2.58. The third-order valence-electron chi connectivity index (χ3n) is 3.87. The second-order valence-electron chi connectivity index (χ2n) is 5.74. The Bertz CT molecular complexity index is 747. The zero-order valence-corrected chi connectivity index (χ0v) is 13.6. The maximum Gasteiger partial charge on any atom is 0.338 e. The molecule has 124 valence electrons. The van der Waals surface area contributed by atoms with Crippen LogP contribution in [-0.2, 0) is 11.2 Å². The predicted octanol–water partition coefficient (Wildman–Crippen LogP) is 4.79. The molecule has 2 aromatic carbocycles. The third kappa shape index (κ3) is 4.44. The number of rotatable bonds is 8. The van der Waals surface area contributed by atoms with Gasteiger partial charge in [-0.25, -0.2) is 9.78 Å². The van der Waals surface area contributed by atoms with Gasteiger partial charge in [-0.05, 0) is 37.1 Å². The normalized spacial score (nSPS) is 10.8. The summed E-state index contributed by atoms with van der Waals surface area (Å²) in [7, 11) is 0. The molecule has 1 heterocycles. The lowest BCUT2D eigenvalue weighted by Crippen LogP contribution is -2.06. The van der Waals surface area contributed by atoms with E-state index in [2.05, 4.69) is 4.98 Å². The summed E-state index contributed by atoms with van der Waals surface area (Å²) in [5.74, 6) is 0.550. The monoisotopic (exact) mass is 323 g/mol.